The maximum absolute atomic E-state index is 13.1. The van der Waals surface area contributed by atoms with Crippen molar-refractivity contribution in [2.75, 3.05) is 26.3 Å². The van der Waals surface area contributed by atoms with Gasteiger partial charge in [0.25, 0.3) is 5.91 Å². The minimum Gasteiger partial charge on any atom is -0.507 e. The number of phenols is 1. The first kappa shape index (κ1) is 21.2. The van der Waals surface area contributed by atoms with E-state index in [2.05, 4.69) is 15.9 Å². The first-order valence-electron chi connectivity index (χ1n) is 9.65. The molecular weight excluding hydrogens is 438 g/mol. The average Bonchev–Trinajstić information content (AvgIpc) is 2.73. The Morgan fingerprint density at radius 2 is 2.07 bits per heavy atom. The molecule has 2 aromatic rings. The summed E-state index contributed by atoms with van der Waals surface area (Å²) in [7, 11) is 0. The fourth-order valence-electron chi connectivity index (χ4n) is 3.51. The van der Waals surface area contributed by atoms with Gasteiger partial charge in [-0.25, -0.2) is 0 Å². The van der Waals surface area contributed by atoms with Crippen molar-refractivity contribution in [1.82, 2.24) is 4.90 Å². The summed E-state index contributed by atoms with van der Waals surface area (Å²) in [5, 5.41) is 9.78. The molecule has 0 unspecified atom stereocenters. The third-order valence-electron chi connectivity index (χ3n) is 4.93. The number of aromatic hydroxyl groups is 1. The topological polar surface area (TPSA) is 76.1 Å². The van der Waals surface area contributed by atoms with Crippen LogP contribution in [0.3, 0.4) is 0 Å². The molecule has 0 spiro atoms. The molecule has 1 amide bonds. The van der Waals surface area contributed by atoms with Crippen LogP contribution in [0.15, 0.2) is 40.9 Å². The Morgan fingerprint density at radius 1 is 1.28 bits per heavy atom. The maximum atomic E-state index is 13.1. The number of likely N-dealkylation sites (tertiary alicyclic amines) is 1. The van der Waals surface area contributed by atoms with Crippen LogP contribution in [0.5, 0.6) is 17.2 Å². The number of amides is 1. The van der Waals surface area contributed by atoms with Gasteiger partial charge in [-0.2, -0.15) is 0 Å². The number of benzene rings is 2. The molecule has 0 bridgehead atoms. The fraction of sp³-hybridized carbons (Fsp3) is 0.364. The molecular formula is C22H24BrNO5. The van der Waals surface area contributed by atoms with E-state index in [1.807, 2.05) is 24.0 Å². The lowest BCUT2D eigenvalue weighted by Gasteiger charge is -2.33. The van der Waals surface area contributed by atoms with Crippen molar-refractivity contribution < 1.29 is 24.2 Å². The maximum Gasteiger partial charge on any atom is 0.257 e. The lowest BCUT2D eigenvalue weighted by Crippen LogP contribution is -2.41. The number of phenolic OH excluding ortho intramolecular Hbond substituents is 1. The zero-order valence-electron chi connectivity index (χ0n) is 16.3. The third kappa shape index (κ3) is 4.90. The summed E-state index contributed by atoms with van der Waals surface area (Å²) in [5.41, 5.74) is 0.686. The largest absolute Gasteiger partial charge is 0.507 e. The van der Waals surface area contributed by atoms with Crippen molar-refractivity contribution in [1.29, 1.82) is 0 Å². The molecule has 0 aliphatic carbocycles. The van der Waals surface area contributed by atoms with E-state index in [0.717, 1.165) is 17.3 Å². The first-order chi connectivity index (χ1) is 14.0. The Balaban J connectivity index is 1.68. The predicted molar refractivity (Wildman–Crippen MR) is 113 cm³/mol. The van der Waals surface area contributed by atoms with Crippen molar-refractivity contribution in [2.45, 2.75) is 19.8 Å². The normalized spacial score (nSPS) is 16.3. The van der Waals surface area contributed by atoms with E-state index in [0.29, 0.717) is 49.7 Å². The molecule has 3 rings (SSSR count). The standard InChI is InChI=1S/C22H24BrNO5/c1-2-28-21-16(7-3-8-18(21)23)22(27)24-11-5-6-15(12-24)14-29-20-10-4-9-19(26)17(20)13-25/h3-4,7-10,13,15,26H,2,5-6,11-12,14H2,1H3/t15-/m1/s1. The molecule has 2 aromatic carbocycles. The highest BCUT2D eigenvalue weighted by molar-refractivity contribution is 9.10. The number of carbonyl (C=O) groups excluding carboxylic acids is 2. The Hall–Kier alpha value is -2.54. The Kier molecular flexibility index (Phi) is 7.14. The van der Waals surface area contributed by atoms with Crippen LogP contribution in [-0.4, -0.2) is 48.5 Å². The van der Waals surface area contributed by atoms with Gasteiger partial charge in [0.2, 0.25) is 0 Å². The van der Waals surface area contributed by atoms with Crippen LogP contribution >= 0.6 is 15.9 Å². The van der Waals surface area contributed by atoms with Crippen molar-refractivity contribution in [3.63, 3.8) is 0 Å². The van der Waals surface area contributed by atoms with Crippen LogP contribution < -0.4 is 9.47 Å². The van der Waals surface area contributed by atoms with Crippen molar-refractivity contribution in [3.8, 4) is 17.2 Å². The SMILES string of the molecule is CCOc1c(Br)cccc1C(=O)N1CCC[C@@H](COc2cccc(O)c2C=O)C1. The molecule has 0 aromatic heterocycles. The first-order valence-corrected chi connectivity index (χ1v) is 10.4. The minimum atomic E-state index is -0.101. The zero-order chi connectivity index (χ0) is 20.8. The number of ether oxygens (including phenoxy) is 2. The number of hydrogen-bond donors (Lipinski definition) is 1. The number of aldehydes is 1. The molecule has 0 saturated carbocycles. The summed E-state index contributed by atoms with van der Waals surface area (Å²) in [5.74, 6) is 0.890. The highest BCUT2D eigenvalue weighted by atomic mass is 79.9. The van der Waals surface area contributed by atoms with Gasteiger partial charge in [-0.15, -0.1) is 0 Å². The van der Waals surface area contributed by atoms with Crippen LogP contribution in [-0.2, 0) is 0 Å². The Bertz CT molecular complexity index is 886. The van der Waals surface area contributed by atoms with E-state index in [1.54, 1.807) is 18.2 Å². The second kappa shape index (κ2) is 9.78. The number of carbonyl (C=O) groups is 2. The summed E-state index contributed by atoms with van der Waals surface area (Å²) < 4.78 is 12.2. The van der Waals surface area contributed by atoms with Crippen LogP contribution in [0.4, 0.5) is 0 Å². The van der Waals surface area contributed by atoms with Gasteiger partial charge in [-0.3, -0.25) is 9.59 Å². The second-order valence-electron chi connectivity index (χ2n) is 6.93. The minimum absolute atomic E-state index is 0.0645. The van der Waals surface area contributed by atoms with E-state index in [1.165, 1.54) is 6.07 Å². The van der Waals surface area contributed by atoms with Gasteiger partial charge in [0.1, 0.15) is 17.2 Å². The van der Waals surface area contributed by atoms with E-state index in [-0.39, 0.29) is 23.1 Å². The summed E-state index contributed by atoms with van der Waals surface area (Å²) >= 11 is 3.46. The fourth-order valence-corrected chi connectivity index (χ4v) is 3.99. The lowest BCUT2D eigenvalue weighted by molar-refractivity contribution is 0.0629. The van der Waals surface area contributed by atoms with E-state index >= 15 is 0 Å². The lowest BCUT2D eigenvalue weighted by atomic mass is 9.98. The van der Waals surface area contributed by atoms with Gasteiger partial charge in [-0.05, 0) is 60.0 Å². The Labute approximate surface area is 178 Å². The molecule has 1 heterocycles. The molecule has 1 N–H and O–H groups in total. The zero-order valence-corrected chi connectivity index (χ0v) is 17.9. The van der Waals surface area contributed by atoms with E-state index in [4.69, 9.17) is 9.47 Å². The van der Waals surface area contributed by atoms with Crippen LogP contribution in [0.1, 0.15) is 40.5 Å². The number of piperidine rings is 1. The third-order valence-corrected chi connectivity index (χ3v) is 5.55. The molecule has 29 heavy (non-hydrogen) atoms. The van der Waals surface area contributed by atoms with Crippen LogP contribution in [0.2, 0.25) is 0 Å². The number of rotatable bonds is 7. The van der Waals surface area contributed by atoms with Crippen LogP contribution in [0.25, 0.3) is 0 Å². The van der Waals surface area contributed by atoms with Crippen molar-refractivity contribution in [2.24, 2.45) is 5.92 Å². The number of para-hydroxylation sites is 1. The van der Waals surface area contributed by atoms with Crippen molar-refractivity contribution >= 4 is 28.1 Å². The summed E-state index contributed by atoms with van der Waals surface area (Å²) in [6.07, 6.45) is 2.39. The molecule has 1 aliphatic rings. The average molecular weight is 462 g/mol. The van der Waals surface area contributed by atoms with Gasteiger partial charge >= 0.3 is 0 Å². The number of halogens is 1. The summed E-state index contributed by atoms with van der Waals surface area (Å²) in [6, 6.07) is 10.2. The summed E-state index contributed by atoms with van der Waals surface area (Å²) in [6.45, 7) is 3.97. The quantitative estimate of drug-likeness (QED) is 0.622. The van der Waals surface area contributed by atoms with Gasteiger partial charge < -0.3 is 19.5 Å². The Morgan fingerprint density at radius 3 is 2.83 bits per heavy atom. The molecule has 1 saturated heterocycles. The predicted octanol–water partition coefficient (Wildman–Crippen LogP) is 4.30. The molecule has 1 fully saturated rings. The molecule has 6 nitrogen and oxygen atoms in total. The van der Waals surface area contributed by atoms with Crippen LogP contribution in [0, 0.1) is 5.92 Å². The van der Waals surface area contributed by atoms with Gasteiger partial charge in [0, 0.05) is 19.0 Å². The van der Waals surface area contributed by atoms with Gasteiger partial charge in [0.15, 0.2) is 6.29 Å². The molecule has 1 aliphatic heterocycles. The molecule has 7 heteroatoms. The van der Waals surface area contributed by atoms with E-state index in [9.17, 15) is 14.7 Å². The van der Waals surface area contributed by atoms with Gasteiger partial charge in [0.05, 0.1) is 28.8 Å². The highest BCUT2D eigenvalue weighted by Crippen LogP contribution is 2.31. The highest BCUT2D eigenvalue weighted by Gasteiger charge is 2.27. The number of nitrogens with zero attached hydrogens (tertiary/aromatic N) is 1. The van der Waals surface area contributed by atoms with E-state index < -0.39 is 0 Å². The number of hydrogen-bond acceptors (Lipinski definition) is 5. The molecule has 0 radical (unpaired) electrons. The van der Waals surface area contributed by atoms with Crippen molar-refractivity contribution in [3.05, 3.63) is 52.0 Å². The monoisotopic (exact) mass is 461 g/mol. The summed E-state index contributed by atoms with van der Waals surface area (Å²) in [4.78, 5) is 26.1. The molecule has 1 atom stereocenters. The molecule has 154 valence electrons. The second-order valence-corrected chi connectivity index (χ2v) is 7.78. The smallest absolute Gasteiger partial charge is 0.257 e. The van der Waals surface area contributed by atoms with Gasteiger partial charge in [-0.1, -0.05) is 12.1 Å².